The second-order valence-electron chi connectivity index (χ2n) is 4.38. The molecule has 0 aliphatic carbocycles. The van der Waals surface area contributed by atoms with Gasteiger partial charge in [0.05, 0.1) is 10.6 Å². The molecule has 18 heavy (non-hydrogen) atoms. The summed E-state index contributed by atoms with van der Waals surface area (Å²) in [5.74, 6) is -0.351. The molecule has 0 saturated carbocycles. The van der Waals surface area contributed by atoms with Crippen LogP contribution >= 0.6 is 15.9 Å². The summed E-state index contributed by atoms with van der Waals surface area (Å²) in [5, 5.41) is 10.1. The second kappa shape index (κ2) is 5.63. The van der Waals surface area contributed by atoms with Crippen molar-refractivity contribution < 1.29 is 9.50 Å². The molecular weight excluding hydrogens is 295 g/mol. The van der Waals surface area contributed by atoms with Gasteiger partial charge in [-0.15, -0.1) is 0 Å². The Morgan fingerprint density at radius 2 is 2.00 bits per heavy atom. The van der Waals surface area contributed by atoms with Gasteiger partial charge in [-0.3, -0.25) is 0 Å². The smallest absolute Gasteiger partial charge is 0.137 e. The summed E-state index contributed by atoms with van der Waals surface area (Å²) in [4.78, 5) is 0. The topological polar surface area (TPSA) is 20.2 Å². The predicted molar refractivity (Wildman–Crippen MR) is 73.9 cm³/mol. The van der Waals surface area contributed by atoms with E-state index in [-0.39, 0.29) is 5.82 Å². The molecule has 1 unspecified atom stereocenters. The SMILES string of the molecule is Cc1cccc(CC(O)c2ccc(Br)c(F)c2)c1. The Morgan fingerprint density at radius 1 is 1.22 bits per heavy atom. The zero-order chi connectivity index (χ0) is 13.1. The van der Waals surface area contributed by atoms with E-state index >= 15 is 0 Å². The van der Waals surface area contributed by atoms with Gasteiger partial charge in [-0.2, -0.15) is 0 Å². The Morgan fingerprint density at radius 3 is 2.67 bits per heavy atom. The van der Waals surface area contributed by atoms with Gasteiger partial charge in [-0.25, -0.2) is 4.39 Å². The Labute approximate surface area is 114 Å². The first-order valence-corrected chi connectivity index (χ1v) is 6.54. The Hall–Kier alpha value is -1.19. The van der Waals surface area contributed by atoms with Crippen molar-refractivity contribution in [1.29, 1.82) is 0 Å². The van der Waals surface area contributed by atoms with Gasteiger partial charge >= 0.3 is 0 Å². The summed E-state index contributed by atoms with van der Waals surface area (Å²) in [7, 11) is 0. The summed E-state index contributed by atoms with van der Waals surface area (Å²) in [6, 6.07) is 12.7. The van der Waals surface area contributed by atoms with Gasteiger partial charge in [0.2, 0.25) is 0 Å². The zero-order valence-electron chi connectivity index (χ0n) is 10.0. The zero-order valence-corrected chi connectivity index (χ0v) is 11.6. The minimum Gasteiger partial charge on any atom is -0.388 e. The van der Waals surface area contributed by atoms with E-state index in [9.17, 15) is 9.50 Å². The van der Waals surface area contributed by atoms with Crippen LogP contribution in [0.2, 0.25) is 0 Å². The summed E-state index contributed by atoms with van der Waals surface area (Å²) in [6.45, 7) is 2.01. The molecule has 0 aliphatic rings. The van der Waals surface area contributed by atoms with E-state index in [4.69, 9.17) is 0 Å². The molecule has 0 saturated heterocycles. The summed E-state index contributed by atoms with van der Waals surface area (Å²) < 4.78 is 13.8. The van der Waals surface area contributed by atoms with Crippen LogP contribution in [0.3, 0.4) is 0 Å². The maximum atomic E-state index is 13.4. The van der Waals surface area contributed by atoms with E-state index in [0.717, 1.165) is 11.1 Å². The van der Waals surface area contributed by atoms with Gasteiger partial charge < -0.3 is 5.11 Å². The van der Waals surface area contributed by atoms with Gasteiger partial charge in [0, 0.05) is 6.42 Å². The van der Waals surface area contributed by atoms with Gasteiger partial charge in [0.25, 0.3) is 0 Å². The molecule has 3 heteroatoms. The maximum absolute atomic E-state index is 13.4. The third-order valence-corrected chi connectivity index (χ3v) is 3.48. The van der Waals surface area contributed by atoms with Crippen molar-refractivity contribution in [2.75, 3.05) is 0 Å². The van der Waals surface area contributed by atoms with Crippen LogP contribution in [0, 0.1) is 12.7 Å². The summed E-state index contributed by atoms with van der Waals surface area (Å²) in [6.07, 6.45) is -0.197. The molecule has 2 rings (SSSR count). The lowest BCUT2D eigenvalue weighted by molar-refractivity contribution is 0.178. The molecule has 0 aliphatic heterocycles. The number of aryl methyl sites for hydroxylation is 1. The van der Waals surface area contributed by atoms with Gasteiger partial charge in [-0.05, 0) is 46.1 Å². The van der Waals surface area contributed by atoms with Crippen LogP contribution < -0.4 is 0 Å². The van der Waals surface area contributed by atoms with Crippen molar-refractivity contribution in [2.45, 2.75) is 19.4 Å². The molecule has 2 aromatic carbocycles. The highest BCUT2D eigenvalue weighted by Gasteiger charge is 2.11. The number of benzene rings is 2. The molecular formula is C15H14BrFO. The number of aliphatic hydroxyl groups is 1. The Kier molecular flexibility index (Phi) is 4.15. The summed E-state index contributed by atoms with van der Waals surface area (Å²) in [5.41, 5.74) is 2.80. The fraction of sp³-hybridized carbons (Fsp3) is 0.200. The molecule has 1 N–H and O–H groups in total. The lowest BCUT2D eigenvalue weighted by Crippen LogP contribution is -2.02. The number of halogens is 2. The molecule has 0 heterocycles. The lowest BCUT2D eigenvalue weighted by Gasteiger charge is -2.12. The first kappa shape index (κ1) is 13.2. The number of hydrogen-bond donors (Lipinski definition) is 1. The fourth-order valence-corrected chi connectivity index (χ4v) is 2.15. The van der Waals surface area contributed by atoms with Crippen LogP contribution in [-0.2, 0) is 6.42 Å². The van der Waals surface area contributed by atoms with Crippen molar-refractivity contribution in [3.8, 4) is 0 Å². The van der Waals surface area contributed by atoms with E-state index in [0.29, 0.717) is 16.5 Å². The van der Waals surface area contributed by atoms with E-state index in [1.54, 1.807) is 12.1 Å². The van der Waals surface area contributed by atoms with Crippen LogP contribution in [0.5, 0.6) is 0 Å². The van der Waals surface area contributed by atoms with Crippen molar-refractivity contribution in [2.24, 2.45) is 0 Å². The molecule has 0 bridgehead atoms. The molecule has 2 aromatic rings. The van der Waals surface area contributed by atoms with Gasteiger partial charge in [0.15, 0.2) is 0 Å². The van der Waals surface area contributed by atoms with Crippen molar-refractivity contribution in [1.82, 2.24) is 0 Å². The minimum absolute atomic E-state index is 0.351. The van der Waals surface area contributed by atoms with E-state index < -0.39 is 6.10 Å². The second-order valence-corrected chi connectivity index (χ2v) is 5.24. The molecule has 1 nitrogen and oxygen atoms in total. The van der Waals surface area contributed by atoms with E-state index in [2.05, 4.69) is 15.9 Å². The highest BCUT2D eigenvalue weighted by atomic mass is 79.9. The van der Waals surface area contributed by atoms with E-state index in [1.165, 1.54) is 6.07 Å². The van der Waals surface area contributed by atoms with Crippen LogP contribution in [0.1, 0.15) is 22.8 Å². The van der Waals surface area contributed by atoms with Crippen molar-refractivity contribution >= 4 is 15.9 Å². The standard InChI is InChI=1S/C15H14BrFO/c1-10-3-2-4-11(7-10)8-15(18)12-5-6-13(16)14(17)9-12/h2-7,9,15,18H,8H2,1H3. The first-order valence-electron chi connectivity index (χ1n) is 5.75. The normalized spacial score (nSPS) is 12.4. The Balaban J connectivity index is 2.16. The maximum Gasteiger partial charge on any atom is 0.137 e. The number of hydrogen-bond acceptors (Lipinski definition) is 1. The molecule has 0 fully saturated rings. The third kappa shape index (κ3) is 3.18. The lowest BCUT2D eigenvalue weighted by atomic mass is 10.0. The number of aliphatic hydroxyl groups excluding tert-OH is 1. The molecule has 0 spiro atoms. The molecule has 1 atom stereocenters. The molecule has 0 radical (unpaired) electrons. The fourth-order valence-electron chi connectivity index (χ4n) is 1.90. The van der Waals surface area contributed by atoms with Crippen LogP contribution in [0.4, 0.5) is 4.39 Å². The summed E-state index contributed by atoms with van der Waals surface area (Å²) >= 11 is 3.10. The van der Waals surface area contributed by atoms with Crippen LogP contribution in [-0.4, -0.2) is 5.11 Å². The number of rotatable bonds is 3. The predicted octanol–water partition coefficient (Wildman–Crippen LogP) is 4.17. The van der Waals surface area contributed by atoms with Crippen LogP contribution in [0.15, 0.2) is 46.9 Å². The average Bonchev–Trinajstić information content (AvgIpc) is 2.32. The van der Waals surface area contributed by atoms with Gasteiger partial charge in [-0.1, -0.05) is 35.9 Å². The quantitative estimate of drug-likeness (QED) is 0.902. The molecule has 0 amide bonds. The van der Waals surface area contributed by atoms with Crippen molar-refractivity contribution in [3.05, 3.63) is 69.4 Å². The Bertz CT molecular complexity index is 554. The third-order valence-electron chi connectivity index (χ3n) is 2.84. The highest BCUT2D eigenvalue weighted by molar-refractivity contribution is 9.10. The first-order chi connectivity index (χ1) is 8.56. The largest absolute Gasteiger partial charge is 0.388 e. The minimum atomic E-state index is -0.686. The molecule has 0 aromatic heterocycles. The monoisotopic (exact) mass is 308 g/mol. The van der Waals surface area contributed by atoms with Crippen LogP contribution in [0.25, 0.3) is 0 Å². The van der Waals surface area contributed by atoms with E-state index in [1.807, 2.05) is 31.2 Å². The van der Waals surface area contributed by atoms with Crippen molar-refractivity contribution in [3.63, 3.8) is 0 Å². The van der Waals surface area contributed by atoms with Gasteiger partial charge in [0.1, 0.15) is 5.82 Å². The average molecular weight is 309 g/mol. The molecule has 94 valence electrons. The highest BCUT2D eigenvalue weighted by Crippen LogP contribution is 2.23.